The summed E-state index contributed by atoms with van der Waals surface area (Å²) in [7, 11) is 0. The molecule has 2 unspecified atom stereocenters. The van der Waals surface area contributed by atoms with Gasteiger partial charge in [0.05, 0.1) is 24.2 Å². The van der Waals surface area contributed by atoms with Crippen molar-refractivity contribution in [3.8, 4) is 0 Å². The number of hydrogen-bond donors (Lipinski definition) is 6. The van der Waals surface area contributed by atoms with Gasteiger partial charge in [-0.05, 0) is 90.2 Å². The molecule has 4 aliphatic carbocycles. The molecule has 0 radical (unpaired) electrons. The highest BCUT2D eigenvalue weighted by atomic mass is 19.1. The highest BCUT2D eigenvalue weighted by molar-refractivity contribution is 5.93. The summed E-state index contributed by atoms with van der Waals surface area (Å²) in [6, 6.07) is -0.522. The minimum Gasteiger partial charge on any atom is -0.463 e. The van der Waals surface area contributed by atoms with Crippen LogP contribution in [0, 0.1) is 28.6 Å². The van der Waals surface area contributed by atoms with E-state index in [2.05, 4.69) is 5.32 Å². The van der Waals surface area contributed by atoms with E-state index in [0.717, 1.165) is 0 Å². The number of nitrogens with one attached hydrogen (secondary N) is 1. The molecular formula is C38H59FN2O9. The van der Waals surface area contributed by atoms with E-state index in [1.54, 1.807) is 33.8 Å². The van der Waals surface area contributed by atoms with Gasteiger partial charge in [-0.15, -0.1) is 0 Å². The Balaban J connectivity index is 1.22. The number of rotatable bonds is 5. The standard InChI is InChI=1S/C38H59FN2O9/c1-23-8-5-9-26(42)10-6-18-41(24(2)32(46)30(44)22-50-33(23)47)19-7-17-40-34(48)37(49)16-14-28-29-12-11-25-20-27(43)13-15-35(25,3)38(29,39)31(45)21-36(28,37)4/h11,13,15,23-24,26,28-32,42,44-46,49H,5-10,12,14,16-22H2,1-4H3,(H,40,48)/t23-,24-,26+,28?,29?,30-,31+,32-,35+,36+,37+,38+/m1/s1. The number of carbonyl (C=O) groups excluding carboxylic acids is 3. The van der Waals surface area contributed by atoms with Gasteiger partial charge in [-0.2, -0.15) is 0 Å². The lowest BCUT2D eigenvalue weighted by molar-refractivity contribution is -0.212. The number of halogens is 1. The van der Waals surface area contributed by atoms with Crippen LogP contribution in [0.25, 0.3) is 0 Å². The van der Waals surface area contributed by atoms with Gasteiger partial charge in [0.25, 0.3) is 5.91 Å². The van der Waals surface area contributed by atoms with Crippen molar-refractivity contribution >= 4 is 17.7 Å². The minimum atomic E-state index is -2.04. The third kappa shape index (κ3) is 6.85. The van der Waals surface area contributed by atoms with Gasteiger partial charge in [0.15, 0.2) is 11.5 Å². The predicted molar refractivity (Wildman–Crippen MR) is 183 cm³/mol. The van der Waals surface area contributed by atoms with Crippen LogP contribution in [0.15, 0.2) is 23.8 Å². The molecule has 1 amide bonds. The Hall–Kier alpha value is -2.22. The van der Waals surface area contributed by atoms with Crippen molar-refractivity contribution in [3.63, 3.8) is 0 Å². The average molecular weight is 707 g/mol. The molecule has 0 aromatic rings. The van der Waals surface area contributed by atoms with Gasteiger partial charge in [-0.25, -0.2) is 4.39 Å². The molecule has 1 saturated heterocycles. The summed E-state index contributed by atoms with van der Waals surface area (Å²) in [5.74, 6) is -2.47. The molecule has 0 aromatic heterocycles. The van der Waals surface area contributed by atoms with Crippen molar-refractivity contribution in [3.05, 3.63) is 23.8 Å². The zero-order chi connectivity index (χ0) is 36.6. The maximum atomic E-state index is 17.4. The van der Waals surface area contributed by atoms with E-state index in [1.807, 2.05) is 11.0 Å². The molecule has 12 heteroatoms. The number of allylic oxidation sites excluding steroid dienone is 4. The minimum absolute atomic E-state index is 0.0915. The summed E-state index contributed by atoms with van der Waals surface area (Å²) < 4.78 is 22.6. The molecule has 1 heterocycles. The van der Waals surface area contributed by atoms with Gasteiger partial charge in [-0.1, -0.05) is 38.0 Å². The van der Waals surface area contributed by atoms with Gasteiger partial charge < -0.3 is 35.6 Å². The van der Waals surface area contributed by atoms with E-state index < -0.39 is 70.4 Å². The van der Waals surface area contributed by atoms with E-state index >= 15 is 4.39 Å². The van der Waals surface area contributed by atoms with E-state index in [9.17, 15) is 39.9 Å². The molecular weight excluding hydrogens is 647 g/mol. The summed E-state index contributed by atoms with van der Waals surface area (Å²) in [5.41, 5.74) is -5.38. The molecule has 2 saturated carbocycles. The zero-order valence-electron chi connectivity index (χ0n) is 30.2. The Bertz CT molecular complexity index is 1340. The maximum Gasteiger partial charge on any atom is 0.308 e. The predicted octanol–water partition coefficient (Wildman–Crippen LogP) is 2.51. The molecule has 0 bridgehead atoms. The number of amides is 1. The van der Waals surface area contributed by atoms with Crippen molar-refractivity contribution in [2.45, 2.75) is 140 Å². The van der Waals surface area contributed by atoms with Crippen LogP contribution in [-0.4, -0.2) is 116 Å². The highest BCUT2D eigenvalue weighted by Gasteiger charge is 2.74. The molecule has 12 atom stereocenters. The number of ketones is 1. The van der Waals surface area contributed by atoms with E-state index in [4.69, 9.17) is 4.74 Å². The lowest BCUT2D eigenvalue weighted by Gasteiger charge is -2.61. The summed E-state index contributed by atoms with van der Waals surface area (Å²) in [5, 5.41) is 58.6. The Kier molecular flexibility index (Phi) is 11.7. The normalized spacial score (nSPS) is 44.9. The van der Waals surface area contributed by atoms with E-state index in [1.165, 1.54) is 6.08 Å². The number of aliphatic hydroxyl groups is 5. The van der Waals surface area contributed by atoms with Crippen LogP contribution in [0.5, 0.6) is 0 Å². The number of esters is 1. The van der Waals surface area contributed by atoms with Gasteiger partial charge in [0.1, 0.15) is 18.3 Å². The van der Waals surface area contributed by atoms with Crippen LogP contribution in [0.4, 0.5) is 4.39 Å². The fraction of sp³-hybridized carbons (Fsp3) is 0.816. The lowest BCUT2D eigenvalue weighted by Crippen LogP contribution is -2.69. The monoisotopic (exact) mass is 706 g/mol. The molecule has 0 spiro atoms. The topological polar surface area (TPSA) is 177 Å². The van der Waals surface area contributed by atoms with Crippen LogP contribution in [-0.2, 0) is 19.1 Å². The molecule has 11 nitrogen and oxygen atoms in total. The SMILES string of the molecule is C[C@@H]1CCC[C@H](O)CCCN(CCCNC(=O)[C@@]2(O)CCC3C4CC=C5CC(=O)C=C[C@]5(C)[C@@]4(F)[C@@H](O)C[C@@]32C)[C@H](C)[C@@H](O)[C@H](O)COC1=O. The Morgan fingerprint density at radius 2 is 1.78 bits per heavy atom. The number of nitrogens with zero attached hydrogens (tertiary/aromatic N) is 1. The molecule has 0 aromatic carbocycles. The second-order valence-electron chi connectivity index (χ2n) is 16.4. The maximum absolute atomic E-state index is 17.4. The molecule has 5 rings (SSSR count). The van der Waals surface area contributed by atoms with Gasteiger partial charge >= 0.3 is 5.97 Å². The average Bonchev–Trinajstić information content (AvgIpc) is 3.34. The number of ether oxygens (including phenoxy) is 1. The number of fused-ring (bicyclic) bond motifs is 5. The number of hydrogen-bond acceptors (Lipinski definition) is 10. The number of alkyl halides is 1. The van der Waals surface area contributed by atoms with Crippen LogP contribution >= 0.6 is 0 Å². The number of aliphatic hydroxyl groups excluding tert-OH is 4. The van der Waals surface area contributed by atoms with Crippen LogP contribution in [0.2, 0.25) is 0 Å². The number of carbonyl (C=O) groups is 3. The third-order valence-electron chi connectivity index (χ3n) is 13.5. The first-order valence-corrected chi connectivity index (χ1v) is 18.7. The van der Waals surface area contributed by atoms with Gasteiger partial charge in [0.2, 0.25) is 0 Å². The smallest absolute Gasteiger partial charge is 0.308 e. The third-order valence-corrected chi connectivity index (χ3v) is 13.5. The van der Waals surface area contributed by atoms with E-state index in [-0.39, 0.29) is 50.0 Å². The molecule has 50 heavy (non-hydrogen) atoms. The summed E-state index contributed by atoms with van der Waals surface area (Å²) in [4.78, 5) is 40.3. The fourth-order valence-corrected chi connectivity index (χ4v) is 10.0. The molecule has 1 aliphatic heterocycles. The van der Waals surface area contributed by atoms with Crippen molar-refractivity contribution in [2.24, 2.45) is 28.6 Å². The van der Waals surface area contributed by atoms with Crippen LogP contribution < -0.4 is 5.32 Å². The molecule has 5 aliphatic rings. The Morgan fingerprint density at radius 1 is 1.06 bits per heavy atom. The van der Waals surface area contributed by atoms with Crippen LogP contribution in [0.1, 0.15) is 98.3 Å². The first-order valence-electron chi connectivity index (χ1n) is 18.7. The molecule has 6 N–H and O–H groups in total. The largest absolute Gasteiger partial charge is 0.463 e. The van der Waals surface area contributed by atoms with Crippen molar-refractivity contribution in [1.29, 1.82) is 0 Å². The number of cyclic esters (lactones) is 1. The lowest BCUT2D eigenvalue weighted by atomic mass is 9.45. The van der Waals surface area contributed by atoms with Crippen molar-refractivity contribution in [2.75, 3.05) is 26.2 Å². The second kappa shape index (κ2) is 15.0. The summed E-state index contributed by atoms with van der Waals surface area (Å²) >= 11 is 0. The fourth-order valence-electron chi connectivity index (χ4n) is 10.0. The van der Waals surface area contributed by atoms with Crippen molar-refractivity contribution in [1.82, 2.24) is 10.2 Å². The molecule has 282 valence electrons. The Morgan fingerprint density at radius 3 is 2.52 bits per heavy atom. The van der Waals surface area contributed by atoms with Gasteiger partial charge in [0, 0.05) is 42.3 Å². The van der Waals surface area contributed by atoms with Gasteiger partial charge in [-0.3, -0.25) is 19.3 Å². The molecule has 3 fully saturated rings. The first-order chi connectivity index (χ1) is 23.5. The Labute approximate surface area is 295 Å². The van der Waals surface area contributed by atoms with Crippen LogP contribution in [0.3, 0.4) is 0 Å². The summed E-state index contributed by atoms with van der Waals surface area (Å²) in [6.45, 7) is 7.90. The zero-order valence-corrected chi connectivity index (χ0v) is 30.2. The summed E-state index contributed by atoms with van der Waals surface area (Å²) in [6.07, 6.45) is 4.82. The first kappa shape index (κ1) is 39.0. The quantitative estimate of drug-likeness (QED) is 0.142. The highest BCUT2D eigenvalue weighted by Crippen LogP contribution is 2.69. The van der Waals surface area contributed by atoms with E-state index in [0.29, 0.717) is 70.0 Å². The van der Waals surface area contributed by atoms with Crippen molar-refractivity contribution < 1.29 is 49.0 Å². The second-order valence-corrected chi connectivity index (χ2v) is 16.4.